The molecule has 104 valence electrons. The first-order chi connectivity index (χ1) is 9.47. The SMILES string of the molecule is Cc1ccc2nc(C(C)Cl)n(-c3cn(C)nc3C)c2c1. The lowest BCUT2D eigenvalue weighted by atomic mass is 10.2. The Kier molecular flexibility index (Phi) is 3.05. The van der Waals surface area contributed by atoms with Crippen LogP contribution in [0, 0.1) is 13.8 Å². The molecule has 0 saturated carbocycles. The van der Waals surface area contributed by atoms with Gasteiger partial charge >= 0.3 is 0 Å². The molecule has 20 heavy (non-hydrogen) atoms. The fourth-order valence-corrected chi connectivity index (χ4v) is 2.68. The highest BCUT2D eigenvalue weighted by atomic mass is 35.5. The molecular formula is C15H17ClN4. The number of aryl methyl sites for hydroxylation is 3. The van der Waals surface area contributed by atoms with E-state index in [2.05, 4.69) is 33.7 Å². The Hall–Kier alpha value is -1.81. The molecule has 0 spiro atoms. The molecule has 4 nitrogen and oxygen atoms in total. The normalized spacial score (nSPS) is 13.1. The van der Waals surface area contributed by atoms with E-state index in [0.29, 0.717) is 0 Å². The van der Waals surface area contributed by atoms with Gasteiger partial charge in [-0.1, -0.05) is 6.07 Å². The van der Waals surface area contributed by atoms with Gasteiger partial charge in [0.25, 0.3) is 0 Å². The van der Waals surface area contributed by atoms with Gasteiger partial charge in [0.15, 0.2) is 0 Å². The minimum absolute atomic E-state index is 0.165. The number of rotatable bonds is 2. The van der Waals surface area contributed by atoms with Crippen LogP contribution >= 0.6 is 11.6 Å². The van der Waals surface area contributed by atoms with Crippen LogP contribution in [0.5, 0.6) is 0 Å². The molecule has 0 bridgehead atoms. The molecule has 0 aliphatic rings. The van der Waals surface area contributed by atoms with Gasteiger partial charge in [-0.3, -0.25) is 9.25 Å². The predicted octanol–water partition coefficient (Wildman–Crippen LogP) is 3.68. The first-order valence-corrected chi connectivity index (χ1v) is 7.04. The summed E-state index contributed by atoms with van der Waals surface area (Å²) >= 11 is 6.32. The second kappa shape index (κ2) is 4.63. The fourth-order valence-electron chi connectivity index (χ4n) is 2.53. The van der Waals surface area contributed by atoms with E-state index >= 15 is 0 Å². The van der Waals surface area contributed by atoms with Gasteiger partial charge in [-0.15, -0.1) is 11.6 Å². The van der Waals surface area contributed by atoms with Crippen LogP contribution in [0.15, 0.2) is 24.4 Å². The summed E-state index contributed by atoms with van der Waals surface area (Å²) in [5.41, 5.74) is 5.23. The summed E-state index contributed by atoms with van der Waals surface area (Å²) < 4.78 is 3.93. The van der Waals surface area contributed by atoms with Crippen molar-refractivity contribution >= 4 is 22.6 Å². The third-order valence-electron chi connectivity index (χ3n) is 3.42. The van der Waals surface area contributed by atoms with Crippen LogP contribution in [0.1, 0.15) is 29.4 Å². The van der Waals surface area contributed by atoms with Crippen molar-refractivity contribution in [1.29, 1.82) is 0 Å². The Bertz CT molecular complexity index is 783. The maximum absolute atomic E-state index is 6.32. The Morgan fingerprint density at radius 3 is 2.60 bits per heavy atom. The molecule has 0 aliphatic carbocycles. The molecule has 0 saturated heterocycles. The Labute approximate surface area is 123 Å². The van der Waals surface area contributed by atoms with E-state index in [1.807, 2.05) is 37.8 Å². The van der Waals surface area contributed by atoms with E-state index in [1.54, 1.807) is 0 Å². The number of aromatic nitrogens is 4. The van der Waals surface area contributed by atoms with E-state index in [1.165, 1.54) is 5.56 Å². The summed E-state index contributed by atoms with van der Waals surface area (Å²) in [6.45, 7) is 6.02. The number of imidazole rings is 1. The van der Waals surface area contributed by atoms with Gasteiger partial charge in [-0.25, -0.2) is 4.98 Å². The van der Waals surface area contributed by atoms with Crippen LogP contribution in [0.3, 0.4) is 0 Å². The van der Waals surface area contributed by atoms with Crippen molar-refractivity contribution in [1.82, 2.24) is 19.3 Å². The molecule has 1 aromatic carbocycles. The molecular weight excluding hydrogens is 272 g/mol. The monoisotopic (exact) mass is 288 g/mol. The minimum atomic E-state index is -0.165. The van der Waals surface area contributed by atoms with E-state index in [4.69, 9.17) is 11.6 Å². The van der Waals surface area contributed by atoms with Crippen LogP contribution in [0.4, 0.5) is 0 Å². The zero-order chi connectivity index (χ0) is 14.4. The third-order valence-corrected chi connectivity index (χ3v) is 3.62. The van der Waals surface area contributed by atoms with Gasteiger partial charge in [0.1, 0.15) is 5.82 Å². The highest BCUT2D eigenvalue weighted by molar-refractivity contribution is 6.20. The highest BCUT2D eigenvalue weighted by Gasteiger charge is 2.19. The third kappa shape index (κ3) is 2.00. The van der Waals surface area contributed by atoms with Crippen molar-refractivity contribution in [3.05, 3.63) is 41.5 Å². The van der Waals surface area contributed by atoms with Crippen molar-refractivity contribution in [2.45, 2.75) is 26.1 Å². The smallest absolute Gasteiger partial charge is 0.132 e. The Morgan fingerprint density at radius 1 is 1.25 bits per heavy atom. The van der Waals surface area contributed by atoms with E-state index < -0.39 is 0 Å². The summed E-state index contributed by atoms with van der Waals surface area (Å²) in [5, 5.41) is 4.26. The lowest BCUT2D eigenvalue weighted by Gasteiger charge is -2.09. The number of nitrogens with zero attached hydrogens (tertiary/aromatic N) is 4. The fraction of sp³-hybridized carbons (Fsp3) is 0.333. The second-order valence-electron chi connectivity index (χ2n) is 5.19. The highest BCUT2D eigenvalue weighted by Crippen LogP contribution is 2.29. The van der Waals surface area contributed by atoms with Crippen molar-refractivity contribution < 1.29 is 0 Å². The van der Waals surface area contributed by atoms with E-state index in [0.717, 1.165) is 28.2 Å². The average Bonchev–Trinajstić information content (AvgIpc) is 2.88. The standard InChI is InChI=1S/C15H17ClN4/c1-9-5-6-12-13(7-9)20(15(17-12)10(2)16)14-8-19(4)18-11(14)3/h5-8,10H,1-4H3. The molecule has 1 atom stereocenters. The zero-order valence-corrected chi connectivity index (χ0v) is 12.8. The molecule has 3 rings (SSSR count). The van der Waals surface area contributed by atoms with Gasteiger partial charge in [0.05, 0.1) is 27.8 Å². The molecule has 2 aromatic heterocycles. The first-order valence-electron chi connectivity index (χ1n) is 6.61. The summed E-state index contributed by atoms with van der Waals surface area (Å²) in [6.07, 6.45) is 2.00. The topological polar surface area (TPSA) is 35.6 Å². The summed E-state index contributed by atoms with van der Waals surface area (Å²) in [7, 11) is 1.92. The van der Waals surface area contributed by atoms with Gasteiger partial charge in [0, 0.05) is 13.2 Å². The molecule has 5 heteroatoms. The molecule has 3 aromatic rings. The quantitative estimate of drug-likeness (QED) is 0.675. The molecule has 0 radical (unpaired) electrons. The van der Waals surface area contributed by atoms with E-state index in [9.17, 15) is 0 Å². The summed E-state index contributed by atoms with van der Waals surface area (Å²) in [6, 6.07) is 6.24. The Balaban J connectivity index is 2.39. The summed E-state index contributed by atoms with van der Waals surface area (Å²) in [4.78, 5) is 4.67. The van der Waals surface area contributed by atoms with Crippen LogP contribution in [-0.2, 0) is 7.05 Å². The maximum Gasteiger partial charge on any atom is 0.132 e. The predicted molar refractivity (Wildman–Crippen MR) is 81.6 cm³/mol. The van der Waals surface area contributed by atoms with Crippen LogP contribution in [0.25, 0.3) is 16.7 Å². The number of alkyl halides is 1. The van der Waals surface area contributed by atoms with Crippen molar-refractivity contribution in [3.8, 4) is 5.69 Å². The second-order valence-corrected chi connectivity index (χ2v) is 5.84. The number of hydrogen-bond donors (Lipinski definition) is 0. The van der Waals surface area contributed by atoms with Crippen molar-refractivity contribution in [2.24, 2.45) is 7.05 Å². The van der Waals surface area contributed by atoms with E-state index in [-0.39, 0.29) is 5.38 Å². The largest absolute Gasteiger partial charge is 0.292 e. The lowest BCUT2D eigenvalue weighted by Crippen LogP contribution is -2.02. The summed E-state index contributed by atoms with van der Waals surface area (Å²) in [5.74, 6) is 0.850. The number of benzene rings is 1. The van der Waals surface area contributed by atoms with Gasteiger partial charge in [0.2, 0.25) is 0 Å². The molecule has 0 N–H and O–H groups in total. The van der Waals surface area contributed by atoms with Gasteiger partial charge < -0.3 is 0 Å². The number of hydrogen-bond acceptors (Lipinski definition) is 2. The molecule has 0 aliphatic heterocycles. The van der Waals surface area contributed by atoms with Crippen LogP contribution in [-0.4, -0.2) is 19.3 Å². The number of fused-ring (bicyclic) bond motifs is 1. The number of halogens is 1. The first kappa shape index (κ1) is 13.2. The zero-order valence-electron chi connectivity index (χ0n) is 12.1. The van der Waals surface area contributed by atoms with Crippen LogP contribution in [0.2, 0.25) is 0 Å². The molecule has 0 amide bonds. The van der Waals surface area contributed by atoms with Crippen LogP contribution < -0.4 is 0 Å². The van der Waals surface area contributed by atoms with Crippen molar-refractivity contribution in [2.75, 3.05) is 0 Å². The Morgan fingerprint density at radius 2 is 2.00 bits per heavy atom. The molecule has 2 heterocycles. The lowest BCUT2D eigenvalue weighted by molar-refractivity contribution is 0.756. The van der Waals surface area contributed by atoms with Crippen molar-refractivity contribution in [3.63, 3.8) is 0 Å². The molecule has 1 unspecified atom stereocenters. The maximum atomic E-state index is 6.32. The molecule has 0 fully saturated rings. The minimum Gasteiger partial charge on any atom is -0.292 e. The van der Waals surface area contributed by atoms with Gasteiger partial charge in [-0.2, -0.15) is 5.10 Å². The van der Waals surface area contributed by atoms with Gasteiger partial charge in [-0.05, 0) is 38.5 Å². The average molecular weight is 289 g/mol.